The number of hydrogen-bond donors (Lipinski definition) is 0. The van der Waals surface area contributed by atoms with E-state index in [1.54, 1.807) is 36.3 Å². The number of thioether (sulfide) groups is 1. The molecule has 0 unspecified atom stereocenters. The summed E-state index contributed by atoms with van der Waals surface area (Å²) in [6, 6.07) is 16.8. The van der Waals surface area contributed by atoms with E-state index in [2.05, 4.69) is 15.2 Å². The van der Waals surface area contributed by atoms with E-state index >= 15 is 0 Å². The van der Waals surface area contributed by atoms with Crippen molar-refractivity contribution in [3.05, 3.63) is 77.0 Å². The van der Waals surface area contributed by atoms with Crippen molar-refractivity contribution < 1.29 is 9.47 Å². The topological polar surface area (TPSA) is 62.1 Å². The fourth-order valence-electron chi connectivity index (χ4n) is 2.99. The van der Waals surface area contributed by atoms with Crippen LogP contribution in [0, 0.1) is 0 Å². The molecule has 0 aliphatic rings. The van der Waals surface area contributed by atoms with Crippen molar-refractivity contribution in [3.63, 3.8) is 0 Å². The number of hydrogen-bond acceptors (Lipinski definition) is 6. The normalized spacial score (nSPS) is 10.8. The number of halogens is 2. The van der Waals surface area contributed by atoms with Crippen LogP contribution in [0.2, 0.25) is 10.0 Å². The van der Waals surface area contributed by atoms with Crippen molar-refractivity contribution >= 4 is 35.0 Å². The summed E-state index contributed by atoms with van der Waals surface area (Å²) in [4.78, 5) is 4.20. The number of benzene rings is 2. The largest absolute Gasteiger partial charge is 0.494 e. The van der Waals surface area contributed by atoms with Crippen molar-refractivity contribution in [1.29, 1.82) is 0 Å². The SMILES string of the molecule is CCOc1ccc(OCCSc2nnc(-c3cccnc3)n2-c2ccc(Cl)c(Cl)c2)cc1. The van der Waals surface area contributed by atoms with Crippen LogP contribution in [0.5, 0.6) is 11.5 Å². The molecule has 0 amide bonds. The van der Waals surface area contributed by atoms with E-state index in [-0.39, 0.29) is 0 Å². The van der Waals surface area contributed by atoms with Crippen LogP contribution in [0.1, 0.15) is 6.92 Å². The monoisotopic (exact) mass is 486 g/mol. The van der Waals surface area contributed by atoms with E-state index in [1.165, 1.54) is 0 Å². The molecule has 2 heterocycles. The van der Waals surface area contributed by atoms with Crippen LogP contribution in [0.4, 0.5) is 0 Å². The maximum Gasteiger partial charge on any atom is 0.196 e. The molecule has 4 rings (SSSR count). The minimum absolute atomic E-state index is 0.463. The highest BCUT2D eigenvalue weighted by molar-refractivity contribution is 7.99. The van der Waals surface area contributed by atoms with Crippen LogP contribution in [0.3, 0.4) is 0 Å². The zero-order valence-corrected chi connectivity index (χ0v) is 19.6. The molecule has 0 saturated carbocycles. The number of nitrogens with zero attached hydrogens (tertiary/aromatic N) is 4. The third-order valence-electron chi connectivity index (χ3n) is 4.43. The van der Waals surface area contributed by atoms with E-state index in [4.69, 9.17) is 32.7 Å². The Balaban J connectivity index is 1.50. The van der Waals surface area contributed by atoms with Gasteiger partial charge in [0.2, 0.25) is 0 Å². The minimum atomic E-state index is 0.463. The molecular formula is C23H20Cl2N4O2S. The molecule has 0 fully saturated rings. The van der Waals surface area contributed by atoms with Gasteiger partial charge in [-0.25, -0.2) is 0 Å². The predicted octanol–water partition coefficient (Wildman–Crippen LogP) is 6.21. The fourth-order valence-corrected chi connectivity index (χ4v) is 4.05. The lowest BCUT2D eigenvalue weighted by molar-refractivity contribution is 0.332. The van der Waals surface area contributed by atoms with Crippen LogP contribution < -0.4 is 9.47 Å². The predicted molar refractivity (Wildman–Crippen MR) is 128 cm³/mol. The van der Waals surface area contributed by atoms with Gasteiger partial charge in [0.05, 0.1) is 28.9 Å². The van der Waals surface area contributed by atoms with Crippen LogP contribution in [-0.2, 0) is 0 Å². The van der Waals surface area contributed by atoms with Crippen LogP contribution in [0.15, 0.2) is 72.1 Å². The molecular weight excluding hydrogens is 467 g/mol. The van der Waals surface area contributed by atoms with Gasteiger partial charge in [0.25, 0.3) is 0 Å². The molecule has 0 atom stereocenters. The van der Waals surface area contributed by atoms with Crippen molar-refractivity contribution in [2.24, 2.45) is 0 Å². The zero-order valence-electron chi connectivity index (χ0n) is 17.2. The molecule has 4 aromatic rings. The van der Waals surface area contributed by atoms with Gasteiger partial charge in [-0.1, -0.05) is 35.0 Å². The first-order valence-electron chi connectivity index (χ1n) is 9.95. The van der Waals surface area contributed by atoms with Crippen molar-refractivity contribution in [3.8, 4) is 28.6 Å². The Labute approximate surface area is 200 Å². The van der Waals surface area contributed by atoms with Gasteiger partial charge < -0.3 is 9.47 Å². The molecule has 0 spiro atoms. The van der Waals surface area contributed by atoms with E-state index in [0.29, 0.717) is 34.8 Å². The Morgan fingerprint density at radius 2 is 1.72 bits per heavy atom. The molecule has 9 heteroatoms. The number of rotatable bonds is 9. The molecule has 6 nitrogen and oxygen atoms in total. The van der Waals surface area contributed by atoms with Gasteiger partial charge in [0.15, 0.2) is 11.0 Å². The summed E-state index contributed by atoms with van der Waals surface area (Å²) >= 11 is 13.9. The van der Waals surface area contributed by atoms with Crippen LogP contribution in [0.25, 0.3) is 17.1 Å². The average Bonchev–Trinajstić information content (AvgIpc) is 3.24. The highest BCUT2D eigenvalue weighted by Crippen LogP contribution is 2.31. The second-order valence-corrected chi connectivity index (χ2v) is 8.46. The van der Waals surface area contributed by atoms with Gasteiger partial charge in [-0.15, -0.1) is 10.2 Å². The van der Waals surface area contributed by atoms with Crippen molar-refractivity contribution in [2.45, 2.75) is 12.1 Å². The number of ether oxygens (including phenoxy) is 2. The van der Waals surface area contributed by atoms with Gasteiger partial charge in [0, 0.05) is 23.7 Å². The Hall–Kier alpha value is -2.74. The third kappa shape index (κ3) is 5.35. The summed E-state index contributed by atoms with van der Waals surface area (Å²) in [7, 11) is 0. The smallest absolute Gasteiger partial charge is 0.196 e. The van der Waals surface area contributed by atoms with Crippen LogP contribution >= 0.6 is 35.0 Å². The first-order chi connectivity index (χ1) is 15.7. The maximum atomic E-state index is 6.27. The van der Waals surface area contributed by atoms with E-state index < -0.39 is 0 Å². The van der Waals surface area contributed by atoms with Gasteiger partial charge >= 0.3 is 0 Å². The molecule has 164 valence electrons. The maximum absolute atomic E-state index is 6.27. The minimum Gasteiger partial charge on any atom is -0.494 e. The summed E-state index contributed by atoms with van der Waals surface area (Å²) in [6.07, 6.45) is 3.47. The van der Waals surface area contributed by atoms with Gasteiger partial charge in [-0.3, -0.25) is 9.55 Å². The van der Waals surface area contributed by atoms with E-state index in [0.717, 1.165) is 27.9 Å². The van der Waals surface area contributed by atoms with Crippen LogP contribution in [-0.4, -0.2) is 38.7 Å². The zero-order chi connectivity index (χ0) is 22.3. The molecule has 2 aromatic carbocycles. The Morgan fingerprint density at radius 1 is 0.938 bits per heavy atom. The van der Waals surface area contributed by atoms with Crippen molar-refractivity contribution in [2.75, 3.05) is 19.0 Å². The first-order valence-corrected chi connectivity index (χ1v) is 11.7. The quantitative estimate of drug-likeness (QED) is 0.207. The summed E-state index contributed by atoms with van der Waals surface area (Å²) in [5.41, 5.74) is 1.67. The average molecular weight is 487 g/mol. The van der Waals surface area contributed by atoms with Gasteiger partial charge in [-0.05, 0) is 61.5 Å². The molecule has 0 aliphatic carbocycles. The highest BCUT2D eigenvalue weighted by Gasteiger charge is 2.17. The number of pyridine rings is 1. The Kier molecular flexibility index (Phi) is 7.52. The lowest BCUT2D eigenvalue weighted by atomic mass is 10.2. The first kappa shape index (κ1) is 22.5. The standard InChI is InChI=1S/C23H20Cl2N4O2S/c1-2-30-18-6-8-19(9-7-18)31-12-13-32-23-28-27-22(16-4-3-11-26-15-16)29(23)17-5-10-20(24)21(25)14-17/h3-11,14-15H,2,12-13H2,1H3. The van der Waals surface area contributed by atoms with Gasteiger partial charge in [-0.2, -0.15) is 0 Å². The second-order valence-electron chi connectivity index (χ2n) is 6.58. The molecule has 0 saturated heterocycles. The summed E-state index contributed by atoms with van der Waals surface area (Å²) < 4.78 is 13.2. The lowest BCUT2D eigenvalue weighted by Crippen LogP contribution is -2.04. The second kappa shape index (κ2) is 10.7. The molecule has 0 radical (unpaired) electrons. The van der Waals surface area contributed by atoms with Gasteiger partial charge in [0.1, 0.15) is 11.5 Å². The molecule has 0 aliphatic heterocycles. The summed E-state index contributed by atoms with van der Waals surface area (Å²) in [5.74, 6) is 2.97. The lowest BCUT2D eigenvalue weighted by Gasteiger charge is -2.11. The van der Waals surface area contributed by atoms with E-state index in [1.807, 2.05) is 54.0 Å². The third-order valence-corrected chi connectivity index (χ3v) is 6.06. The molecule has 0 bridgehead atoms. The Morgan fingerprint density at radius 3 is 2.41 bits per heavy atom. The Bertz CT molecular complexity index is 1170. The summed E-state index contributed by atoms with van der Waals surface area (Å²) in [6.45, 7) is 3.10. The fraction of sp³-hybridized carbons (Fsp3) is 0.174. The summed E-state index contributed by atoms with van der Waals surface area (Å²) in [5, 5.41) is 10.5. The highest BCUT2D eigenvalue weighted by atomic mass is 35.5. The molecule has 0 N–H and O–H groups in total. The van der Waals surface area contributed by atoms with Crippen molar-refractivity contribution in [1.82, 2.24) is 19.7 Å². The van der Waals surface area contributed by atoms with E-state index in [9.17, 15) is 0 Å². The molecule has 32 heavy (non-hydrogen) atoms. The molecule has 2 aromatic heterocycles. The number of aromatic nitrogens is 4.